The first-order valence-electron chi connectivity index (χ1n) is 7.14. The summed E-state index contributed by atoms with van der Waals surface area (Å²) in [5, 5.41) is 0. The summed E-state index contributed by atoms with van der Waals surface area (Å²) < 4.78 is 10.4. The highest BCUT2D eigenvalue weighted by Crippen LogP contribution is 2.21. The van der Waals surface area contributed by atoms with Gasteiger partial charge in [0.25, 0.3) is 0 Å². The zero-order valence-electron chi connectivity index (χ0n) is 12.5. The molecule has 4 heteroatoms. The first kappa shape index (κ1) is 14.9. The second-order valence-electron chi connectivity index (χ2n) is 5.55. The van der Waals surface area contributed by atoms with Gasteiger partial charge in [0.1, 0.15) is 5.75 Å². The number of methoxy groups -OCH3 is 1. The van der Waals surface area contributed by atoms with Crippen molar-refractivity contribution in [2.24, 2.45) is 5.92 Å². The van der Waals surface area contributed by atoms with E-state index in [0.717, 1.165) is 31.8 Å². The van der Waals surface area contributed by atoms with Crippen LogP contribution in [0, 0.1) is 5.92 Å². The fourth-order valence-corrected chi connectivity index (χ4v) is 2.49. The van der Waals surface area contributed by atoms with E-state index in [9.17, 15) is 4.79 Å². The second-order valence-corrected chi connectivity index (χ2v) is 5.55. The average molecular weight is 277 g/mol. The van der Waals surface area contributed by atoms with Gasteiger partial charge in [-0.05, 0) is 44.5 Å². The van der Waals surface area contributed by atoms with Crippen LogP contribution in [-0.4, -0.2) is 37.2 Å². The molecule has 2 rings (SSSR count). The molecule has 1 aromatic rings. The van der Waals surface area contributed by atoms with Gasteiger partial charge in [0.05, 0.1) is 19.1 Å². The van der Waals surface area contributed by atoms with Gasteiger partial charge in [-0.25, -0.2) is 0 Å². The molecule has 1 fully saturated rings. The highest BCUT2D eigenvalue weighted by molar-refractivity contribution is 5.73. The molecule has 0 spiro atoms. The molecule has 20 heavy (non-hydrogen) atoms. The van der Waals surface area contributed by atoms with E-state index < -0.39 is 0 Å². The smallest absolute Gasteiger partial charge is 0.310 e. The zero-order chi connectivity index (χ0) is 14.5. The maximum absolute atomic E-state index is 11.9. The molecule has 0 saturated carbocycles. The lowest BCUT2D eigenvalue weighted by atomic mass is 10.1. The number of ether oxygens (including phenoxy) is 2. The third kappa shape index (κ3) is 3.97. The third-order valence-electron chi connectivity index (χ3n) is 3.52. The fourth-order valence-electron chi connectivity index (χ4n) is 2.49. The van der Waals surface area contributed by atoms with Crippen LogP contribution >= 0.6 is 0 Å². The second kappa shape index (κ2) is 6.75. The van der Waals surface area contributed by atoms with Crippen molar-refractivity contribution < 1.29 is 14.3 Å². The van der Waals surface area contributed by atoms with Gasteiger partial charge in [0, 0.05) is 13.1 Å². The topological polar surface area (TPSA) is 38.8 Å². The quantitative estimate of drug-likeness (QED) is 0.775. The summed E-state index contributed by atoms with van der Waals surface area (Å²) in [5.41, 5.74) is 1.24. The summed E-state index contributed by atoms with van der Waals surface area (Å²) >= 11 is 0. The van der Waals surface area contributed by atoms with Crippen molar-refractivity contribution in [2.75, 3.05) is 20.2 Å². The number of carbonyl (C=O) groups is 1. The molecule has 1 saturated heterocycles. The Labute approximate surface area is 120 Å². The van der Waals surface area contributed by atoms with Gasteiger partial charge >= 0.3 is 5.97 Å². The molecular formula is C16H23NO3. The molecule has 1 aromatic carbocycles. The van der Waals surface area contributed by atoms with Crippen LogP contribution in [-0.2, 0) is 16.1 Å². The van der Waals surface area contributed by atoms with E-state index >= 15 is 0 Å². The number of benzene rings is 1. The Morgan fingerprint density at radius 1 is 1.35 bits per heavy atom. The SMILES string of the molecule is COc1ccc(CN2CCC(C(=O)OC(C)C)C2)cc1. The minimum Gasteiger partial charge on any atom is -0.497 e. The molecule has 4 nitrogen and oxygen atoms in total. The number of esters is 1. The first-order chi connectivity index (χ1) is 9.58. The standard InChI is InChI=1S/C16H23NO3/c1-12(2)20-16(18)14-8-9-17(11-14)10-13-4-6-15(19-3)7-5-13/h4-7,12,14H,8-11H2,1-3H3. The molecule has 0 aromatic heterocycles. The van der Waals surface area contributed by atoms with Crippen LogP contribution in [0.2, 0.25) is 0 Å². The lowest BCUT2D eigenvalue weighted by molar-refractivity contribution is -0.151. The number of hydrogen-bond acceptors (Lipinski definition) is 4. The van der Waals surface area contributed by atoms with Gasteiger partial charge in [-0.15, -0.1) is 0 Å². The normalized spacial score (nSPS) is 19.3. The van der Waals surface area contributed by atoms with Gasteiger partial charge in [-0.1, -0.05) is 12.1 Å². The van der Waals surface area contributed by atoms with E-state index in [1.165, 1.54) is 5.56 Å². The lowest BCUT2D eigenvalue weighted by Crippen LogP contribution is -2.25. The molecule has 1 heterocycles. The summed E-state index contributed by atoms with van der Waals surface area (Å²) in [6.45, 7) is 6.39. The third-order valence-corrected chi connectivity index (χ3v) is 3.52. The van der Waals surface area contributed by atoms with Crippen LogP contribution < -0.4 is 4.74 Å². The largest absolute Gasteiger partial charge is 0.497 e. The predicted octanol–water partition coefficient (Wildman–Crippen LogP) is 2.47. The molecular weight excluding hydrogens is 254 g/mol. The van der Waals surface area contributed by atoms with Crippen molar-refractivity contribution in [1.82, 2.24) is 4.90 Å². The first-order valence-corrected chi connectivity index (χ1v) is 7.14. The number of hydrogen-bond donors (Lipinski definition) is 0. The van der Waals surface area contributed by atoms with E-state index in [-0.39, 0.29) is 18.0 Å². The summed E-state index contributed by atoms with van der Waals surface area (Å²) in [4.78, 5) is 14.2. The Bertz CT molecular complexity index is 442. The molecule has 0 bridgehead atoms. The van der Waals surface area contributed by atoms with Crippen molar-refractivity contribution in [2.45, 2.75) is 32.9 Å². The Balaban J connectivity index is 1.84. The van der Waals surface area contributed by atoms with Gasteiger partial charge in [-0.3, -0.25) is 9.69 Å². The summed E-state index contributed by atoms with van der Waals surface area (Å²) in [5.74, 6) is 0.835. The molecule has 0 radical (unpaired) electrons. The van der Waals surface area contributed by atoms with Gasteiger partial charge < -0.3 is 9.47 Å². The molecule has 1 aliphatic heterocycles. The zero-order valence-corrected chi connectivity index (χ0v) is 12.5. The maximum atomic E-state index is 11.9. The fraction of sp³-hybridized carbons (Fsp3) is 0.562. The molecule has 1 atom stereocenters. The molecule has 0 amide bonds. The van der Waals surface area contributed by atoms with Crippen molar-refractivity contribution in [3.8, 4) is 5.75 Å². The van der Waals surface area contributed by atoms with E-state index in [1.54, 1.807) is 7.11 Å². The minimum atomic E-state index is -0.0581. The minimum absolute atomic E-state index is 0.0237. The molecule has 0 aliphatic carbocycles. The summed E-state index contributed by atoms with van der Waals surface area (Å²) in [6, 6.07) is 8.07. The molecule has 110 valence electrons. The van der Waals surface area contributed by atoms with Gasteiger partial charge in [-0.2, -0.15) is 0 Å². The molecule has 1 unspecified atom stereocenters. The molecule has 1 aliphatic rings. The summed E-state index contributed by atoms with van der Waals surface area (Å²) in [7, 11) is 1.67. The monoisotopic (exact) mass is 277 g/mol. The van der Waals surface area contributed by atoms with Crippen LogP contribution in [0.5, 0.6) is 5.75 Å². The number of likely N-dealkylation sites (tertiary alicyclic amines) is 1. The van der Waals surface area contributed by atoms with Crippen molar-refractivity contribution in [3.05, 3.63) is 29.8 Å². The van der Waals surface area contributed by atoms with E-state index in [2.05, 4.69) is 17.0 Å². The van der Waals surface area contributed by atoms with Gasteiger partial charge in [0.15, 0.2) is 0 Å². The Kier molecular flexibility index (Phi) is 5.01. The Morgan fingerprint density at radius 2 is 2.05 bits per heavy atom. The van der Waals surface area contributed by atoms with Crippen LogP contribution in [0.4, 0.5) is 0 Å². The van der Waals surface area contributed by atoms with Crippen molar-refractivity contribution in [3.63, 3.8) is 0 Å². The van der Waals surface area contributed by atoms with E-state index in [1.807, 2.05) is 26.0 Å². The van der Waals surface area contributed by atoms with Crippen LogP contribution in [0.25, 0.3) is 0 Å². The van der Waals surface area contributed by atoms with E-state index in [4.69, 9.17) is 9.47 Å². The van der Waals surface area contributed by atoms with Crippen LogP contribution in [0.15, 0.2) is 24.3 Å². The van der Waals surface area contributed by atoms with Crippen LogP contribution in [0.3, 0.4) is 0 Å². The maximum Gasteiger partial charge on any atom is 0.310 e. The Morgan fingerprint density at radius 3 is 2.65 bits per heavy atom. The van der Waals surface area contributed by atoms with Crippen molar-refractivity contribution in [1.29, 1.82) is 0 Å². The van der Waals surface area contributed by atoms with Gasteiger partial charge in [0.2, 0.25) is 0 Å². The number of rotatable bonds is 5. The number of nitrogens with zero attached hydrogens (tertiary/aromatic N) is 1. The van der Waals surface area contributed by atoms with Crippen LogP contribution in [0.1, 0.15) is 25.8 Å². The highest BCUT2D eigenvalue weighted by Gasteiger charge is 2.29. The lowest BCUT2D eigenvalue weighted by Gasteiger charge is -2.16. The highest BCUT2D eigenvalue weighted by atomic mass is 16.5. The molecule has 0 N–H and O–H groups in total. The van der Waals surface area contributed by atoms with E-state index in [0.29, 0.717) is 0 Å². The predicted molar refractivity (Wildman–Crippen MR) is 77.6 cm³/mol. The average Bonchev–Trinajstić information content (AvgIpc) is 2.87. The Hall–Kier alpha value is -1.55. The van der Waals surface area contributed by atoms with Crippen molar-refractivity contribution >= 4 is 5.97 Å². The summed E-state index contributed by atoms with van der Waals surface area (Å²) in [6.07, 6.45) is 0.861. The number of carbonyl (C=O) groups excluding carboxylic acids is 1.